The molecule has 0 radical (unpaired) electrons. The Hall–Kier alpha value is -2.75. The summed E-state index contributed by atoms with van der Waals surface area (Å²) < 4.78 is 6.41. The predicted molar refractivity (Wildman–Crippen MR) is 102 cm³/mol. The second-order valence-corrected chi connectivity index (χ2v) is 7.43. The molecule has 0 aliphatic carbocycles. The Morgan fingerprint density at radius 2 is 1.77 bits per heavy atom. The van der Waals surface area contributed by atoms with Crippen LogP contribution in [0.25, 0.3) is 10.9 Å². The molecule has 5 rings (SSSR count). The molecule has 0 atom stereocenters. The van der Waals surface area contributed by atoms with Crippen LogP contribution in [0.5, 0.6) is 5.75 Å². The number of benzene rings is 2. The maximum Gasteiger partial charge on any atom is 0.256 e. The summed E-state index contributed by atoms with van der Waals surface area (Å²) in [6.07, 6.45) is 5.74. The van der Waals surface area contributed by atoms with Crippen molar-refractivity contribution in [1.82, 2.24) is 9.88 Å². The van der Waals surface area contributed by atoms with E-state index in [1.54, 1.807) is 0 Å². The average molecular weight is 346 g/mol. The lowest BCUT2D eigenvalue weighted by atomic mass is 9.83. The molecule has 0 unspecified atom stereocenters. The van der Waals surface area contributed by atoms with Gasteiger partial charge in [-0.15, -0.1) is 0 Å². The molecule has 3 aromatic rings. The minimum Gasteiger partial charge on any atom is -0.487 e. The van der Waals surface area contributed by atoms with Crippen LogP contribution >= 0.6 is 0 Å². The predicted octanol–water partition coefficient (Wildman–Crippen LogP) is 4.17. The Bertz CT molecular complexity index is 967. The molecule has 1 saturated heterocycles. The number of hydrogen-bond acceptors (Lipinski definition) is 2. The van der Waals surface area contributed by atoms with Crippen molar-refractivity contribution in [3.63, 3.8) is 0 Å². The van der Waals surface area contributed by atoms with Crippen molar-refractivity contribution < 1.29 is 9.53 Å². The molecule has 0 saturated carbocycles. The molecular weight excluding hydrogens is 324 g/mol. The fraction of sp³-hybridized carbons (Fsp3) is 0.318. The summed E-state index contributed by atoms with van der Waals surface area (Å²) in [7, 11) is 0. The molecule has 26 heavy (non-hydrogen) atoms. The van der Waals surface area contributed by atoms with E-state index in [-0.39, 0.29) is 11.5 Å². The van der Waals surface area contributed by atoms with E-state index in [1.165, 1.54) is 5.56 Å². The number of aromatic nitrogens is 1. The van der Waals surface area contributed by atoms with Crippen LogP contribution in [0.3, 0.4) is 0 Å². The van der Waals surface area contributed by atoms with Gasteiger partial charge in [-0.1, -0.05) is 36.4 Å². The molecule has 3 heterocycles. The third-order valence-electron chi connectivity index (χ3n) is 5.93. The summed E-state index contributed by atoms with van der Waals surface area (Å²) in [6, 6.07) is 16.3. The maximum absolute atomic E-state index is 13.0. The van der Waals surface area contributed by atoms with Crippen LogP contribution in [0.4, 0.5) is 0 Å². The largest absolute Gasteiger partial charge is 0.487 e. The zero-order valence-electron chi connectivity index (χ0n) is 14.7. The van der Waals surface area contributed by atoms with Crippen LogP contribution in [-0.4, -0.2) is 34.5 Å². The quantitative estimate of drug-likeness (QED) is 0.719. The van der Waals surface area contributed by atoms with Gasteiger partial charge < -0.3 is 14.6 Å². The van der Waals surface area contributed by atoms with Gasteiger partial charge in [0.15, 0.2) is 0 Å². The third kappa shape index (κ3) is 2.48. The van der Waals surface area contributed by atoms with Gasteiger partial charge in [0, 0.05) is 43.0 Å². The number of ether oxygens (including phenoxy) is 1. The zero-order valence-corrected chi connectivity index (χ0v) is 14.7. The van der Waals surface area contributed by atoms with Gasteiger partial charge in [-0.25, -0.2) is 0 Å². The van der Waals surface area contributed by atoms with Crippen LogP contribution in [0, 0.1) is 0 Å². The van der Waals surface area contributed by atoms with Gasteiger partial charge >= 0.3 is 0 Å². The van der Waals surface area contributed by atoms with Crippen molar-refractivity contribution in [1.29, 1.82) is 0 Å². The summed E-state index contributed by atoms with van der Waals surface area (Å²) in [5.41, 5.74) is 2.98. The topological polar surface area (TPSA) is 45.3 Å². The second kappa shape index (κ2) is 5.90. The highest BCUT2D eigenvalue weighted by atomic mass is 16.5. The zero-order chi connectivity index (χ0) is 17.6. The number of carbonyl (C=O) groups excluding carboxylic acids is 1. The molecule has 2 aliphatic rings. The highest BCUT2D eigenvalue weighted by Crippen LogP contribution is 2.39. The van der Waals surface area contributed by atoms with E-state index in [9.17, 15) is 4.79 Å². The molecule has 2 aliphatic heterocycles. The Balaban J connectivity index is 1.32. The Morgan fingerprint density at radius 3 is 2.65 bits per heavy atom. The van der Waals surface area contributed by atoms with Gasteiger partial charge in [-0.3, -0.25) is 4.79 Å². The van der Waals surface area contributed by atoms with Crippen molar-refractivity contribution in [2.24, 2.45) is 0 Å². The van der Waals surface area contributed by atoms with Crippen LogP contribution in [0.2, 0.25) is 0 Å². The first-order valence-corrected chi connectivity index (χ1v) is 9.36. The monoisotopic (exact) mass is 346 g/mol. The van der Waals surface area contributed by atoms with Crippen LogP contribution in [0.1, 0.15) is 35.2 Å². The van der Waals surface area contributed by atoms with E-state index in [0.717, 1.165) is 61.0 Å². The van der Waals surface area contributed by atoms with E-state index < -0.39 is 0 Å². The number of carbonyl (C=O) groups is 1. The molecule has 4 nitrogen and oxygen atoms in total. The lowest BCUT2D eigenvalue weighted by molar-refractivity contribution is -0.0106. The minimum absolute atomic E-state index is 0.106. The van der Waals surface area contributed by atoms with E-state index >= 15 is 0 Å². The highest BCUT2D eigenvalue weighted by Gasteiger charge is 2.40. The summed E-state index contributed by atoms with van der Waals surface area (Å²) in [4.78, 5) is 18.2. The number of aromatic amines is 1. The molecule has 1 N–H and O–H groups in total. The number of amides is 1. The van der Waals surface area contributed by atoms with Gasteiger partial charge in [-0.05, 0) is 30.5 Å². The molecule has 132 valence electrons. The number of H-pyrrole nitrogens is 1. The minimum atomic E-state index is -0.106. The van der Waals surface area contributed by atoms with Crippen molar-refractivity contribution in [2.75, 3.05) is 13.1 Å². The number of fused-ring (bicyclic) bond motifs is 2. The summed E-state index contributed by atoms with van der Waals surface area (Å²) in [5, 5.41) is 1.00. The number of nitrogens with zero attached hydrogens (tertiary/aromatic N) is 1. The molecule has 2 aromatic carbocycles. The lowest BCUT2D eigenvalue weighted by Gasteiger charge is -2.44. The van der Waals surface area contributed by atoms with Crippen LogP contribution < -0.4 is 4.74 Å². The molecule has 0 bridgehead atoms. The number of rotatable bonds is 1. The molecular formula is C22H22N2O2. The summed E-state index contributed by atoms with van der Waals surface area (Å²) >= 11 is 0. The number of hydrogen-bond donors (Lipinski definition) is 1. The highest BCUT2D eigenvalue weighted by molar-refractivity contribution is 6.06. The standard InChI is InChI=1S/C22H22N2O2/c25-21(18-15-23-19-7-3-2-6-17(18)19)24-13-11-22(12-14-24)10-9-16-5-1-4-8-20(16)26-22/h1-8,15,23H,9-14H2. The third-order valence-corrected chi connectivity index (χ3v) is 5.93. The van der Waals surface area contributed by atoms with E-state index in [2.05, 4.69) is 23.2 Å². The second-order valence-electron chi connectivity index (χ2n) is 7.43. The number of aryl methyl sites for hydroxylation is 1. The summed E-state index contributed by atoms with van der Waals surface area (Å²) in [5.74, 6) is 1.14. The van der Waals surface area contributed by atoms with Crippen molar-refractivity contribution in [3.05, 3.63) is 65.9 Å². The van der Waals surface area contributed by atoms with Gasteiger partial charge in [0.2, 0.25) is 0 Å². The number of nitrogens with one attached hydrogen (secondary N) is 1. The molecule has 1 amide bonds. The molecule has 1 spiro atoms. The fourth-order valence-corrected chi connectivity index (χ4v) is 4.34. The number of likely N-dealkylation sites (tertiary alicyclic amines) is 1. The van der Waals surface area contributed by atoms with Gasteiger partial charge in [0.1, 0.15) is 11.4 Å². The van der Waals surface area contributed by atoms with E-state index in [1.807, 2.05) is 41.4 Å². The van der Waals surface area contributed by atoms with Crippen LogP contribution in [0.15, 0.2) is 54.7 Å². The van der Waals surface area contributed by atoms with E-state index in [4.69, 9.17) is 4.74 Å². The lowest BCUT2D eigenvalue weighted by Crippen LogP contribution is -2.51. The molecule has 4 heteroatoms. The smallest absolute Gasteiger partial charge is 0.256 e. The first kappa shape index (κ1) is 15.5. The van der Waals surface area contributed by atoms with E-state index in [0.29, 0.717) is 0 Å². The Labute approximate surface area is 152 Å². The fourth-order valence-electron chi connectivity index (χ4n) is 4.34. The van der Waals surface area contributed by atoms with Crippen molar-refractivity contribution in [2.45, 2.75) is 31.3 Å². The van der Waals surface area contributed by atoms with Gasteiger partial charge in [0.05, 0.1) is 5.56 Å². The van der Waals surface area contributed by atoms with Gasteiger partial charge in [0.25, 0.3) is 5.91 Å². The first-order chi connectivity index (χ1) is 12.7. The van der Waals surface area contributed by atoms with Crippen LogP contribution in [-0.2, 0) is 6.42 Å². The van der Waals surface area contributed by atoms with Gasteiger partial charge in [-0.2, -0.15) is 0 Å². The van der Waals surface area contributed by atoms with Crippen molar-refractivity contribution >= 4 is 16.8 Å². The number of para-hydroxylation sites is 2. The molecule has 1 aromatic heterocycles. The number of piperidine rings is 1. The Morgan fingerprint density at radius 1 is 1.00 bits per heavy atom. The maximum atomic E-state index is 13.0. The molecule has 1 fully saturated rings. The SMILES string of the molecule is O=C(c1c[nH]c2ccccc12)N1CCC2(CCc3ccccc3O2)CC1. The first-order valence-electron chi connectivity index (χ1n) is 9.36. The normalized spacial score (nSPS) is 18.5. The van der Waals surface area contributed by atoms with Crippen molar-refractivity contribution in [3.8, 4) is 5.75 Å². The average Bonchev–Trinajstić information content (AvgIpc) is 3.12. The summed E-state index contributed by atoms with van der Waals surface area (Å²) in [6.45, 7) is 1.50. The Kier molecular flexibility index (Phi) is 3.52.